The molecule has 0 bridgehead atoms. The van der Waals surface area contributed by atoms with E-state index in [2.05, 4.69) is 18.6 Å². The number of rotatable bonds is 6. The molecule has 0 atom stereocenters. The smallest absolute Gasteiger partial charge is 0.407 e. The molecule has 0 unspecified atom stereocenters. The highest BCUT2D eigenvalue weighted by Gasteiger charge is 2.20. The third kappa shape index (κ3) is 3.01. The van der Waals surface area contributed by atoms with E-state index in [9.17, 15) is 0 Å². The maximum absolute atomic E-state index is 5.86. The molecular weight excluding hydrogens is 262 g/mol. The van der Waals surface area contributed by atoms with Crippen molar-refractivity contribution in [2.75, 3.05) is 6.54 Å². The Kier molecular flexibility index (Phi) is 4.31. The van der Waals surface area contributed by atoms with Crippen LogP contribution in [0.2, 0.25) is 0 Å². The van der Waals surface area contributed by atoms with Gasteiger partial charge in [0.25, 0.3) is 0 Å². The summed E-state index contributed by atoms with van der Waals surface area (Å²) in [5.41, 5.74) is 6.28. The van der Waals surface area contributed by atoms with Crippen molar-refractivity contribution in [1.29, 1.82) is 0 Å². The third-order valence-corrected chi connectivity index (χ3v) is 3.44. The first kappa shape index (κ1) is 13.7. The molecule has 2 aromatic heterocycles. The number of thiazole rings is 1. The van der Waals surface area contributed by atoms with Gasteiger partial charge in [0.1, 0.15) is 5.76 Å². The van der Waals surface area contributed by atoms with E-state index in [1.54, 1.807) is 4.68 Å². The van der Waals surface area contributed by atoms with Crippen molar-refractivity contribution in [2.45, 2.75) is 19.9 Å². The molecule has 0 aliphatic rings. The van der Waals surface area contributed by atoms with Crippen molar-refractivity contribution in [3.05, 3.63) is 23.3 Å². The molecule has 0 aliphatic heterocycles. The zero-order valence-electron chi connectivity index (χ0n) is 10.9. The lowest BCUT2D eigenvalue weighted by atomic mass is 10.3. The third-order valence-electron chi connectivity index (χ3n) is 2.59. The number of furan rings is 1. The predicted molar refractivity (Wildman–Crippen MR) is 75.9 cm³/mol. The second-order valence-electron chi connectivity index (χ2n) is 4.05. The molecule has 7 heteroatoms. The monoisotopic (exact) mass is 280 g/mol. The molecular formula is C12H18N5OS+. The van der Waals surface area contributed by atoms with Gasteiger partial charge in [-0.15, -0.1) is 4.68 Å². The zero-order valence-corrected chi connectivity index (χ0v) is 11.7. The fraction of sp³-hybridized carbons (Fsp3) is 0.333. The summed E-state index contributed by atoms with van der Waals surface area (Å²) in [4.78, 5) is 4.46. The molecule has 0 fully saturated rings. The van der Waals surface area contributed by atoms with Gasteiger partial charge in [-0.25, -0.2) is 5.84 Å². The van der Waals surface area contributed by atoms with Gasteiger partial charge < -0.3 is 10.2 Å². The summed E-state index contributed by atoms with van der Waals surface area (Å²) < 4.78 is 7.14. The summed E-state index contributed by atoms with van der Waals surface area (Å²) in [6.45, 7) is 7.04. The molecule has 0 saturated heterocycles. The Bertz CT molecular complexity index is 562. The average Bonchev–Trinajstić information content (AvgIpc) is 3.06. The molecule has 4 N–H and O–H groups in total. The lowest BCUT2D eigenvalue weighted by molar-refractivity contribution is -0.619. The topological polar surface area (TPSA) is 84.3 Å². The Labute approximate surface area is 115 Å². The van der Waals surface area contributed by atoms with E-state index in [4.69, 9.17) is 16.0 Å². The van der Waals surface area contributed by atoms with Crippen LogP contribution in [0.1, 0.15) is 19.1 Å². The van der Waals surface area contributed by atoms with E-state index in [1.165, 1.54) is 16.5 Å². The van der Waals surface area contributed by atoms with Crippen LogP contribution >= 0.6 is 11.3 Å². The lowest BCUT2D eigenvalue weighted by Crippen LogP contribution is -2.38. The van der Waals surface area contributed by atoms with Gasteiger partial charge in [-0.3, -0.25) is 0 Å². The highest BCUT2D eigenvalue weighted by molar-refractivity contribution is 7.13. The van der Waals surface area contributed by atoms with Crippen LogP contribution in [0.15, 0.2) is 21.9 Å². The number of hydrazine groups is 2. The second kappa shape index (κ2) is 5.96. The first-order chi connectivity index (χ1) is 9.15. The molecule has 0 spiro atoms. The number of nitrogens with two attached hydrogens (primary N) is 2. The molecule has 2 heterocycles. The highest BCUT2D eigenvalue weighted by Crippen LogP contribution is 2.27. The minimum atomic E-state index is 0.380. The highest BCUT2D eigenvalue weighted by atomic mass is 32.1. The maximum atomic E-state index is 5.86. The summed E-state index contributed by atoms with van der Waals surface area (Å²) >= 11 is 1.46. The van der Waals surface area contributed by atoms with Crippen LogP contribution in [0.5, 0.6) is 0 Å². The predicted octanol–water partition coefficient (Wildman–Crippen LogP) is 1.71. The fourth-order valence-electron chi connectivity index (χ4n) is 1.58. The summed E-state index contributed by atoms with van der Waals surface area (Å²) in [6.07, 6.45) is 0.943. The summed E-state index contributed by atoms with van der Waals surface area (Å²) in [5.74, 6) is 7.30. The van der Waals surface area contributed by atoms with Gasteiger partial charge in [0.15, 0.2) is 5.76 Å². The van der Waals surface area contributed by atoms with Crippen molar-refractivity contribution < 1.29 is 9.10 Å². The van der Waals surface area contributed by atoms with E-state index in [-0.39, 0.29) is 0 Å². The van der Waals surface area contributed by atoms with E-state index in [1.807, 2.05) is 17.5 Å². The van der Waals surface area contributed by atoms with Crippen LogP contribution in [0.4, 0.5) is 5.13 Å². The molecule has 102 valence electrons. The molecule has 0 aromatic carbocycles. The van der Waals surface area contributed by atoms with Crippen LogP contribution in [0, 0.1) is 0 Å². The molecule has 0 aliphatic carbocycles. The van der Waals surface area contributed by atoms with Crippen molar-refractivity contribution >= 4 is 23.2 Å². The molecule has 0 amide bonds. The standard InChI is InChI=1S/C12H18N5OS/c1-3-6-17(14)16(2)12-15-10(8-19-12)11-5-4-9(7-13)18-11/h4-5,8H,2-3,6-7,13-14H2,1H3/q+1. The Morgan fingerprint density at radius 3 is 2.95 bits per heavy atom. The summed E-state index contributed by atoms with van der Waals surface area (Å²) in [7, 11) is 0. The molecule has 19 heavy (non-hydrogen) atoms. The lowest BCUT2D eigenvalue weighted by Gasteiger charge is -2.13. The average molecular weight is 280 g/mol. The van der Waals surface area contributed by atoms with Crippen molar-refractivity contribution in [3.8, 4) is 11.5 Å². The Morgan fingerprint density at radius 2 is 2.32 bits per heavy atom. The van der Waals surface area contributed by atoms with Gasteiger partial charge in [-0.1, -0.05) is 6.92 Å². The molecule has 0 saturated carbocycles. The number of aromatic nitrogens is 1. The molecule has 6 nitrogen and oxygen atoms in total. The van der Waals surface area contributed by atoms with Gasteiger partial charge in [0.2, 0.25) is 5.69 Å². The largest absolute Gasteiger partial charge is 0.456 e. The van der Waals surface area contributed by atoms with E-state index >= 15 is 0 Å². The quantitative estimate of drug-likeness (QED) is 0.364. The molecule has 2 rings (SSSR count). The Morgan fingerprint density at radius 1 is 1.53 bits per heavy atom. The maximum Gasteiger partial charge on any atom is 0.407 e. The SMILES string of the molecule is C=[N+](c1nc(-c2ccc(CN)o2)cs1)N(N)CCC. The number of hydrazone groups is 1. The first-order valence-corrected chi connectivity index (χ1v) is 6.91. The molecule has 2 aromatic rings. The Balaban J connectivity index is 2.16. The van der Waals surface area contributed by atoms with E-state index in [0.717, 1.165) is 29.6 Å². The van der Waals surface area contributed by atoms with Crippen LogP contribution in [-0.4, -0.2) is 28.0 Å². The second-order valence-corrected chi connectivity index (χ2v) is 4.88. The van der Waals surface area contributed by atoms with Crippen molar-refractivity contribution in [1.82, 2.24) is 10.1 Å². The van der Waals surface area contributed by atoms with Crippen LogP contribution in [-0.2, 0) is 6.54 Å². The van der Waals surface area contributed by atoms with Crippen LogP contribution in [0.3, 0.4) is 0 Å². The van der Waals surface area contributed by atoms with E-state index < -0.39 is 0 Å². The first-order valence-electron chi connectivity index (χ1n) is 6.03. The number of hydrogen-bond donors (Lipinski definition) is 2. The normalized spacial score (nSPS) is 10.7. The van der Waals surface area contributed by atoms with Gasteiger partial charge in [-0.05, 0) is 34.9 Å². The van der Waals surface area contributed by atoms with Crippen LogP contribution < -0.4 is 11.6 Å². The van der Waals surface area contributed by atoms with Crippen LogP contribution in [0.25, 0.3) is 11.5 Å². The van der Waals surface area contributed by atoms with E-state index in [0.29, 0.717) is 12.3 Å². The van der Waals surface area contributed by atoms with Gasteiger partial charge in [-0.2, -0.15) is 5.12 Å². The zero-order chi connectivity index (χ0) is 13.8. The van der Waals surface area contributed by atoms with Gasteiger partial charge in [0, 0.05) is 0 Å². The summed E-state index contributed by atoms with van der Waals surface area (Å²) in [6, 6.07) is 3.71. The fourth-order valence-corrected chi connectivity index (χ4v) is 2.34. The van der Waals surface area contributed by atoms with Gasteiger partial charge in [0.05, 0.1) is 25.2 Å². The minimum absolute atomic E-state index is 0.380. The van der Waals surface area contributed by atoms with Crippen molar-refractivity contribution in [3.63, 3.8) is 0 Å². The Hall–Kier alpha value is -1.70. The van der Waals surface area contributed by atoms with Crippen molar-refractivity contribution in [2.24, 2.45) is 11.6 Å². The molecule has 0 radical (unpaired) electrons. The minimum Gasteiger partial charge on any atom is -0.456 e. The summed E-state index contributed by atoms with van der Waals surface area (Å²) in [5, 5.41) is 4.17. The van der Waals surface area contributed by atoms with Gasteiger partial charge >= 0.3 is 5.13 Å². The number of hydrogen-bond acceptors (Lipinski definition) is 6. The number of nitrogens with zero attached hydrogens (tertiary/aromatic N) is 3.